The van der Waals surface area contributed by atoms with E-state index in [1.54, 1.807) is 16.8 Å². The number of ether oxygens (including phenoxy) is 1. The van der Waals surface area contributed by atoms with E-state index in [-0.39, 0.29) is 29.5 Å². The van der Waals surface area contributed by atoms with Crippen LogP contribution in [0.5, 0.6) is 5.75 Å². The molecule has 47 heavy (non-hydrogen) atoms. The van der Waals surface area contributed by atoms with E-state index >= 15 is 0 Å². The Bertz CT molecular complexity index is 1900. The van der Waals surface area contributed by atoms with E-state index < -0.39 is 11.4 Å². The van der Waals surface area contributed by atoms with Crippen molar-refractivity contribution in [3.63, 3.8) is 0 Å². The van der Waals surface area contributed by atoms with E-state index in [0.717, 1.165) is 42.5 Å². The average molecular weight is 641 g/mol. The Balaban J connectivity index is 1.18. The third-order valence-electron chi connectivity index (χ3n) is 10.1. The third-order valence-corrected chi connectivity index (χ3v) is 10.1. The summed E-state index contributed by atoms with van der Waals surface area (Å²) in [5.41, 5.74) is 17.1. The number of amides is 1. The van der Waals surface area contributed by atoms with Crippen LogP contribution in [-0.4, -0.2) is 76.0 Å². The monoisotopic (exact) mass is 640 g/mol. The Hall–Kier alpha value is -4.82. The van der Waals surface area contributed by atoms with Gasteiger partial charge in [0.05, 0.1) is 30.1 Å². The van der Waals surface area contributed by atoms with Gasteiger partial charge in [0.2, 0.25) is 5.84 Å². The number of aromatic nitrogens is 3. The standard InChI is InChI=1S/C33H37FN10O3/c1-47-26-8-6-18(12-23(26)34)24-7-5-19(15-37-24)22-16-40-44-30(22)41-28(27-25(45)9-11-36-31(27)44)33(35)10-3-2-4-20-13-21(14-33)43(20)32(46)29-38-17-39-42-29/h5-8,12,16,20-21,36-37,39H,2-4,9-11,13-15,17,35H2,1H3,(H,38,42). The maximum absolute atomic E-state index is 14.4. The van der Waals surface area contributed by atoms with E-state index in [1.165, 1.54) is 13.2 Å². The lowest BCUT2D eigenvalue weighted by Gasteiger charge is -2.50. The van der Waals surface area contributed by atoms with Crippen LogP contribution in [0.2, 0.25) is 0 Å². The van der Waals surface area contributed by atoms with Crippen molar-refractivity contribution in [2.75, 3.05) is 32.2 Å². The normalized spacial score (nSPS) is 25.5. The van der Waals surface area contributed by atoms with Crippen molar-refractivity contribution < 1.29 is 18.7 Å². The first kappa shape index (κ1) is 29.6. The molecular weight excluding hydrogens is 603 g/mol. The molecule has 13 nitrogen and oxygen atoms in total. The number of hydrazine groups is 1. The second-order valence-electron chi connectivity index (χ2n) is 12.9. The predicted octanol–water partition coefficient (Wildman–Crippen LogP) is 2.45. The number of nitrogens with two attached hydrogens (primary N) is 1. The first-order valence-electron chi connectivity index (χ1n) is 16.2. The maximum Gasteiger partial charge on any atom is 0.290 e. The van der Waals surface area contributed by atoms with E-state index in [9.17, 15) is 14.0 Å². The molecule has 3 aromatic rings. The van der Waals surface area contributed by atoms with Crippen LogP contribution >= 0.6 is 0 Å². The van der Waals surface area contributed by atoms with Gasteiger partial charge in [0.1, 0.15) is 12.5 Å². The number of allylic oxidation sites excluding steroid dienone is 2. The van der Waals surface area contributed by atoms with Gasteiger partial charge < -0.3 is 26.0 Å². The van der Waals surface area contributed by atoms with Gasteiger partial charge in [-0.1, -0.05) is 18.9 Å². The van der Waals surface area contributed by atoms with Crippen LogP contribution < -0.4 is 32.0 Å². The van der Waals surface area contributed by atoms with Crippen LogP contribution in [0, 0.1) is 5.82 Å². The molecule has 3 unspecified atom stereocenters. The number of rotatable bonds is 5. The lowest BCUT2D eigenvalue weighted by atomic mass is 9.77. The second kappa shape index (κ2) is 11.5. The number of Topliss-reactive ketones (excluding diaryl/α,β-unsaturated/α-hetero) is 1. The van der Waals surface area contributed by atoms with Gasteiger partial charge in [-0.05, 0) is 55.5 Å². The highest BCUT2D eigenvalue weighted by Crippen LogP contribution is 2.44. The fourth-order valence-electron chi connectivity index (χ4n) is 7.69. The van der Waals surface area contributed by atoms with Crippen LogP contribution in [-0.2, 0) is 10.3 Å². The van der Waals surface area contributed by atoms with Gasteiger partial charge in [-0.15, -0.1) is 0 Å². The number of dihydropyridines is 1. The minimum atomic E-state index is -0.950. The molecule has 2 aromatic heterocycles. The summed E-state index contributed by atoms with van der Waals surface area (Å²) < 4.78 is 21.2. The highest BCUT2D eigenvalue weighted by Gasteiger charge is 2.49. The highest BCUT2D eigenvalue weighted by molar-refractivity contribution is 6.38. The Kier molecular flexibility index (Phi) is 7.21. The molecule has 1 saturated carbocycles. The number of carbonyl (C=O) groups is 2. The van der Waals surface area contributed by atoms with Crippen molar-refractivity contribution in [2.24, 2.45) is 10.7 Å². The number of aliphatic imine (C=N–C) groups is 1. The molecule has 5 aliphatic heterocycles. The topological polar surface area (TPSA) is 163 Å². The Morgan fingerprint density at radius 1 is 1.19 bits per heavy atom. The van der Waals surface area contributed by atoms with E-state index in [4.69, 9.17) is 15.5 Å². The molecule has 6 aliphatic rings. The van der Waals surface area contributed by atoms with Crippen LogP contribution in [0.1, 0.15) is 72.1 Å². The number of halogens is 1. The first-order chi connectivity index (χ1) is 22.8. The number of benzene rings is 1. The molecule has 7 heterocycles. The van der Waals surface area contributed by atoms with Gasteiger partial charge in [0, 0.05) is 48.4 Å². The summed E-state index contributed by atoms with van der Waals surface area (Å²) in [5.74, 6) is 0.546. The van der Waals surface area contributed by atoms with E-state index in [0.29, 0.717) is 73.1 Å². The number of nitrogens with zero attached hydrogens (tertiary/aromatic N) is 5. The maximum atomic E-state index is 14.4. The van der Waals surface area contributed by atoms with Gasteiger partial charge in [-0.3, -0.25) is 15.0 Å². The van der Waals surface area contributed by atoms with Crippen molar-refractivity contribution in [1.29, 1.82) is 0 Å². The first-order valence-corrected chi connectivity index (χ1v) is 16.2. The average Bonchev–Trinajstić information content (AvgIpc) is 3.78. The molecule has 0 radical (unpaired) electrons. The van der Waals surface area contributed by atoms with E-state index in [2.05, 4.69) is 31.6 Å². The van der Waals surface area contributed by atoms with Crippen molar-refractivity contribution in [3.8, 4) is 5.75 Å². The van der Waals surface area contributed by atoms with Gasteiger partial charge in [-0.2, -0.15) is 9.61 Å². The number of fused-ring (bicyclic) bond motifs is 8. The summed E-state index contributed by atoms with van der Waals surface area (Å²) in [6, 6.07) is 4.91. The zero-order chi connectivity index (χ0) is 32.3. The zero-order valence-electron chi connectivity index (χ0n) is 26.1. The Morgan fingerprint density at radius 3 is 2.85 bits per heavy atom. The summed E-state index contributed by atoms with van der Waals surface area (Å²) in [6.45, 7) is 1.30. The molecule has 2 saturated heterocycles. The molecule has 3 atom stereocenters. The molecule has 1 amide bonds. The highest BCUT2D eigenvalue weighted by atomic mass is 19.1. The number of carbonyl (C=O) groups excluding carboxylic acids is 2. The van der Waals surface area contributed by atoms with Crippen LogP contribution in [0.15, 0.2) is 41.5 Å². The summed E-state index contributed by atoms with van der Waals surface area (Å²) in [4.78, 5) is 38.5. The molecular formula is C33H37FN10O3. The molecule has 244 valence electrons. The molecule has 0 spiro atoms. The lowest BCUT2D eigenvalue weighted by Crippen LogP contribution is -2.63. The SMILES string of the molecule is COc1ccc(C2=CC=C(c3cnn4c5c(c(C6(N)CCCCC7CC(C6)N7C(=O)C6=NCNN6)nc34)C(=O)CCN5)CN2)cc1F. The fraction of sp³-hybridized carbons (Fsp3) is 0.424. The summed E-state index contributed by atoms with van der Waals surface area (Å²) >= 11 is 0. The summed E-state index contributed by atoms with van der Waals surface area (Å²) in [7, 11) is 1.44. The molecule has 14 heteroatoms. The smallest absolute Gasteiger partial charge is 0.290 e. The Morgan fingerprint density at radius 2 is 2.09 bits per heavy atom. The van der Waals surface area contributed by atoms with Gasteiger partial charge in [-0.25, -0.2) is 19.8 Å². The molecule has 6 N–H and O–H groups in total. The number of anilines is 1. The van der Waals surface area contributed by atoms with Crippen molar-refractivity contribution in [2.45, 2.75) is 62.6 Å². The van der Waals surface area contributed by atoms with Crippen molar-refractivity contribution in [3.05, 3.63) is 64.7 Å². The fourth-order valence-corrected chi connectivity index (χ4v) is 7.69. The second-order valence-corrected chi connectivity index (χ2v) is 12.9. The van der Waals surface area contributed by atoms with Crippen LogP contribution in [0.25, 0.3) is 16.9 Å². The number of nitrogens with one attached hydrogen (secondary N) is 4. The van der Waals surface area contributed by atoms with Gasteiger partial charge in [0.15, 0.2) is 23.0 Å². The van der Waals surface area contributed by atoms with E-state index in [1.807, 2.05) is 23.1 Å². The molecule has 2 bridgehead atoms. The largest absolute Gasteiger partial charge is 0.494 e. The number of hydrogen-bond donors (Lipinski definition) is 5. The van der Waals surface area contributed by atoms with Crippen molar-refractivity contribution >= 4 is 40.3 Å². The predicted molar refractivity (Wildman–Crippen MR) is 174 cm³/mol. The molecule has 9 rings (SSSR count). The zero-order valence-corrected chi connectivity index (χ0v) is 26.1. The number of methoxy groups -OCH3 is 1. The van der Waals surface area contributed by atoms with Crippen molar-refractivity contribution in [1.82, 2.24) is 35.7 Å². The number of ketones is 1. The minimum absolute atomic E-state index is 0.0160. The quantitative estimate of drug-likeness (QED) is 0.280. The van der Waals surface area contributed by atoms with Crippen LogP contribution in [0.4, 0.5) is 10.2 Å². The van der Waals surface area contributed by atoms with Gasteiger partial charge >= 0.3 is 0 Å². The summed E-state index contributed by atoms with van der Waals surface area (Å²) in [5, 5.41) is 11.5. The van der Waals surface area contributed by atoms with Crippen LogP contribution in [0.3, 0.4) is 0 Å². The summed E-state index contributed by atoms with van der Waals surface area (Å²) in [6.07, 6.45) is 10.6. The lowest BCUT2D eigenvalue weighted by molar-refractivity contribution is -0.138. The minimum Gasteiger partial charge on any atom is -0.494 e. The number of amidine groups is 1. The molecule has 3 fully saturated rings. The number of hydrogen-bond acceptors (Lipinski definition) is 11. The molecule has 1 aliphatic carbocycles. The van der Waals surface area contributed by atoms with Gasteiger partial charge in [0.25, 0.3) is 5.91 Å². The Labute approximate surface area is 270 Å². The molecule has 1 aromatic carbocycles. The third kappa shape index (κ3) is 4.93.